The van der Waals surface area contributed by atoms with Crippen molar-refractivity contribution in [2.75, 3.05) is 13.1 Å². The lowest BCUT2D eigenvalue weighted by Gasteiger charge is -2.14. The SMILES string of the molecule is CCCCCCNCCC(CC)CCCC. The third-order valence-corrected chi connectivity index (χ3v) is 3.48. The molecule has 0 heterocycles. The van der Waals surface area contributed by atoms with Crippen LogP contribution >= 0.6 is 0 Å². The second-order valence-electron chi connectivity index (χ2n) is 5.02. The van der Waals surface area contributed by atoms with Gasteiger partial charge >= 0.3 is 0 Å². The molecule has 0 fully saturated rings. The molecule has 1 N–H and O–H groups in total. The van der Waals surface area contributed by atoms with Crippen LogP contribution in [-0.2, 0) is 0 Å². The summed E-state index contributed by atoms with van der Waals surface area (Å²) < 4.78 is 0. The molecule has 0 spiro atoms. The third kappa shape index (κ3) is 10.5. The van der Waals surface area contributed by atoms with Gasteiger partial charge in [0.05, 0.1) is 0 Å². The van der Waals surface area contributed by atoms with Gasteiger partial charge in [-0.2, -0.15) is 0 Å². The highest BCUT2D eigenvalue weighted by molar-refractivity contribution is 4.59. The average Bonchev–Trinajstić information content (AvgIpc) is 2.32. The van der Waals surface area contributed by atoms with Crippen LogP contribution in [0, 0.1) is 5.92 Å². The predicted octanol–water partition coefficient (Wildman–Crippen LogP) is 4.76. The maximum atomic E-state index is 3.59. The Morgan fingerprint density at radius 1 is 0.750 bits per heavy atom. The van der Waals surface area contributed by atoms with Crippen molar-refractivity contribution >= 4 is 0 Å². The molecule has 0 saturated carbocycles. The lowest BCUT2D eigenvalue weighted by molar-refractivity contribution is 0.408. The van der Waals surface area contributed by atoms with Crippen LogP contribution in [0.3, 0.4) is 0 Å². The molecule has 1 atom stereocenters. The fraction of sp³-hybridized carbons (Fsp3) is 1.00. The topological polar surface area (TPSA) is 12.0 Å². The molecular formula is C15H33N. The number of rotatable bonds is 12. The van der Waals surface area contributed by atoms with Crippen molar-refractivity contribution < 1.29 is 0 Å². The summed E-state index contributed by atoms with van der Waals surface area (Å²) in [4.78, 5) is 0. The fourth-order valence-corrected chi connectivity index (χ4v) is 2.15. The lowest BCUT2D eigenvalue weighted by Crippen LogP contribution is -2.19. The van der Waals surface area contributed by atoms with Gasteiger partial charge in [-0.1, -0.05) is 65.7 Å². The van der Waals surface area contributed by atoms with Crippen LogP contribution < -0.4 is 5.32 Å². The van der Waals surface area contributed by atoms with E-state index in [2.05, 4.69) is 26.1 Å². The zero-order valence-electron chi connectivity index (χ0n) is 11.9. The van der Waals surface area contributed by atoms with Crippen molar-refractivity contribution in [3.8, 4) is 0 Å². The van der Waals surface area contributed by atoms with E-state index < -0.39 is 0 Å². The second kappa shape index (κ2) is 13.0. The maximum absolute atomic E-state index is 3.59. The number of hydrogen-bond acceptors (Lipinski definition) is 1. The monoisotopic (exact) mass is 227 g/mol. The molecule has 98 valence electrons. The van der Waals surface area contributed by atoms with Gasteiger partial charge in [0, 0.05) is 0 Å². The summed E-state index contributed by atoms with van der Waals surface area (Å²) in [6.07, 6.45) is 12.4. The molecule has 1 unspecified atom stereocenters. The second-order valence-corrected chi connectivity index (χ2v) is 5.02. The molecule has 1 heteroatoms. The van der Waals surface area contributed by atoms with E-state index in [1.54, 1.807) is 0 Å². The van der Waals surface area contributed by atoms with Gasteiger partial charge in [-0.3, -0.25) is 0 Å². The van der Waals surface area contributed by atoms with Crippen LogP contribution in [0.2, 0.25) is 0 Å². The highest BCUT2D eigenvalue weighted by Crippen LogP contribution is 2.15. The first kappa shape index (κ1) is 16.0. The fourth-order valence-electron chi connectivity index (χ4n) is 2.15. The smallest absolute Gasteiger partial charge is 0.00463 e. The summed E-state index contributed by atoms with van der Waals surface area (Å²) in [5.41, 5.74) is 0. The summed E-state index contributed by atoms with van der Waals surface area (Å²) >= 11 is 0. The number of unbranched alkanes of at least 4 members (excludes halogenated alkanes) is 4. The third-order valence-electron chi connectivity index (χ3n) is 3.48. The summed E-state index contributed by atoms with van der Waals surface area (Å²) in [5, 5.41) is 3.59. The maximum Gasteiger partial charge on any atom is -0.00463 e. The van der Waals surface area contributed by atoms with Gasteiger partial charge in [-0.25, -0.2) is 0 Å². The summed E-state index contributed by atoms with van der Waals surface area (Å²) in [7, 11) is 0. The Bertz CT molecular complexity index is 123. The predicted molar refractivity (Wildman–Crippen MR) is 74.9 cm³/mol. The van der Waals surface area contributed by atoms with Crippen LogP contribution in [0.15, 0.2) is 0 Å². The van der Waals surface area contributed by atoms with Gasteiger partial charge in [0.1, 0.15) is 0 Å². The standard InChI is InChI=1S/C15H33N/c1-4-7-9-10-13-16-14-12-15(6-3)11-8-5-2/h15-16H,4-14H2,1-3H3. The van der Waals surface area contributed by atoms with Crippen molar-refractivity contribution in [3.63, 3.8) is 0 Å². The normalized spacial score (nSPS) is 12.9. The average molecular weight is 227 g/mol. The first-order valence-electron chi connectivity index (χ1n) is 7.55. The molecule has 0 aliphatic heterocycles. The molecule has 0 amide bonds. The molecular weight excluding hydrogens is 194 g/mol. The molecule has 0 bridgehead atoms. The van der Waals surface area contributed by atoms with E-state index in [0.29, 0.717) is 0 Å². The van der Waals surface area contributed by atoms with E-state index in [1.807, 2.05) is 0 Å². The van der Waals surface area contributed by atoms with Crippen molar-refractivity contribution in [1.82, 2.24) is 5.32 Å². The molecule has 0 aromatic heterocycles. The van der Waals surface area contributed by atoms with E-state index in [-0.39, 0.29) is 0 Å². The van der Waals surface area contributed by atoms with Gasteiger partial charge in [0.15, 0.2) is 0 Å². The molecule has 0 saturated heterocycles. The van der Waals surface area contributed by atoms with Gasteiger partial charge in [0.2, 0.25) is 0 Å². The van der Waals surface area contributed by atoms with Crippen molar-refractivity contribution in [1.29, 1.82) is 0 Å². The Kier molecular flexibility index (Phi) is 13.0. The summed E-state index contributed by atoms with van der Waals surface area (Å²) in [6.45, 7) is 9.35. The molecule has 0 aliphatic rings. The van der Waals surface area contributed by atoms with Crippen molar-refractivity contribution in [2.45, 2.75) is 78.6 Å². The van der Waals surface area contributed by atoms with Crippen LogP contribution in [0.25, 0.3) is 0 Å². The van der Waals surface area contributed by atoms with Gasteiger partial charge in [-0.05, 0) is 31.8 Å². The molecule has 0 aromatic rings. The first-order chi connectivity index (χ1) is 7.85. The van der Waals surface area contributed by atoms with Gasteiger partial charge < -0.3 is 5.32 Å². The Morgan fingerprint density at radius 3 is 2.12 bits per heavy atom. The summed E-state index contributed by atoms with van der Waals surface area (Å²) in [5.74, 6) is 0.961. The lowest BCUT2D eigenvalue weighted by atomic mass is 9.96. The summed E-state index contributed by atoms with van der Waals surface area (Å²) in [6, 6.07) is 0. The minimum Gasteiger partial charge on any atom is -0.317 e. The Morgan fingerprint density at radius 2 is 1.50 bits per heavy atom. The zero-order valence-corrected chi connectivity index (χ0v) is 11.9. The van der Waals surface area contributed by atoms with E-state index in [1.165, 1.54) is 70.9 Å². The van der Waals surface area contributed by atoms with Gasteiger partial charge in [0.25, 0.3) is 0 Å². The van der Waals surface area contributed by atoms with Crippen LogP contribution in [0.5, 0.6) is 0 Å². The zero-order chi connectivity index (χ0) is 12.1. The van der Waals surface area contributed by atoms with E-state index in [0.717, 1.165) is 5.92 Å². The number of hydrogen-bond donors (Lipinski definition) is 1. The minimum absolute atomic E-state index is 0.961. The van der Waals surface area contributed by atoms with Crippen molar-refractivity contribution in [2.24, 2.45) is 5.92 Å². The van der Waals surface area contributed by atoms with Crippen molar-refractivity contribution in [3.05, 3.63) is 0 Å². The van der Waals surface area contributed by atoms with E-state index in [9.17, 15) is 0 Å². The van der Waals surface area contributed by atoms with E-state index in [4.69, 9.17) is 0 Å². The Hall–Kier alpha value is -0.0400. The molecule has 0 radical (unpaired) electrons. The number of nitrogens with one attached hydrogen (secondary N) is 1. The quantitative estimate of drug-likeness (QED) is 0.474. The van der Waals surface area contributed by atoms with E-state index >= 15 is 0 Å². The highest BCUT2D eigenvalue weighted by atomic mass is 14.8. The van der Waals surface area contributed by atoms with Crippen LogP contribution in [-0.4, -0.2) is 13.1 Å². The Balaban J connectivity index is 3.20. The molecule has 0 aromatic carbocycles. The molecule has 1 nitrogen and oxygen atoms in total. The molecule has 0 aliphatic carbocycles. The van der Waals surface area contributed by atoms with Crippen LogP contribution in [0.1, 0.15) is 78.6 Å². The molecule has 16 heavy (non-hydrogen) atoms. The first-order valence-corrected chi connectivity index (χ1v) is 7.55. The van der Waals surface area contributed by atoms with Gasteiger partial charge in [-0.15, -0.1) is 0 Å². The van der Waals surface area contributed by atoms with Crippen LogP contribution in [0.4, 0.5) is 0 Å². The molecule has 0 rings (SSSR count). The minimum atomic E-state index is 0.961. The highest BCUT2D eigenvalue weighted by Gasteiger charge is 2.04. The largest absolute Gasteiger partial charge is 0.317 e. The Labute approximate surface area is 103 Å².